The number of amides is 1. The zero-order valence-electron chi connectivity index (χ0n) is 20.6. The van der Waals surface area contributed by atoms with Crippen LogP contribution in [0.15, 0.2) is 61.2 Å². The molecule has 8 heteroatoms. The molecule has 0 radical (unpaired) electrons. The zero-order valence-corrected chi connectivity index (χ0v) is 20.6. The van der Waals surface area contributed by atoms with Crippen molar-refractivity contribution in [1.29, 1.82) is 0 Å². The van der Waals surface area contributed by atoms with E-state index in [2.05, 4.69) is 16.8 Å². The van der Waals surface area contributed by atoms with E-state index >= 15 is 0 Å². The Bertz CT molecular complexity index is 981. The Morgan fingerprint density at radius 1 is 1.08 bits per heavy atom. The second-order valence-corrected chi connectivity index (χ2v) is 9.31. The maximum Gasteiger partial charge on any atom is 0.407 e. The Balaban J connectivity index is 1.45. The lowest BCUT2D eigenvalue weighted by Gasteiger charge is -2.38. The number of carbonyl (C=O) groups is 1. The van der Waals surface area contributed by atoms with Gasteiger partial charge in [-0.15, -0.1) is 0 Å². The Kier molecular flexibility index (Phi) is 9.49. The van der Waals surface area contributed by atoms with Gasteiger partial charge in [-0.05, 0) is 36.1 Å². The lowest BCUT2D eigenvalue weighted by Crippen LogP contribution is -2.42. The zero-order chi connectivity index (χ0) is 25.3. The smallest absolute Gasteiger partial charge is 0.407 e. The average Bonchev–Trinajstić information content (AvgIpc) is 3.37. The third-order valence-electron chi connectivity index (χ3n) is 6.78. The van der Waals surface area contributed by atoms with Crippen molar-refractivity contribution < 1.29 is 29.2 Å². The van der Waals surface area contributed by atoms with E-state index in [9.17, 15) is 15.0 Å². The minimum atomic E-state index is -0.541. The van der Waals surface area contributed by atoms with Crippen molar-refractivity contribution in [3.8, 4) is 0 Å². The molecule has 2 aromatic rings. The van der Waals surface area contributed by atoms with Gasteiger partial charge in [-0.2, -0.15) is 0 Å². The first-order chi connectivity index (χ1) is 17.6. The summed E-state index contributed by atoms with van der Waals surface area (Å²) in [4.78, 5) is 14.0. The molecule has 8 nitrogen and oxygen atoms in total. The first-order valence-electron chi connectivity index (χ1n) is 12.6. The first kappa shape index (κ1) is 26.3. The number of ether oxygens (including phenoxy) is 3. The number of nitrogens with one attached hydrogen (secondary N) is 1. The summed E-state index contributed by atoms with van der Waals surface area (Å²) in [5.41, 5.74) is 3.74. The number of aliphatic hydroxyl groups is 2. The van der Waals surface area contributed by atoms with Crippen LogP contribution in [0, 0.1) is 0 Å². The van der Waals surface area contributed by atoms with Crippen LogP contribution in [0.3, 0.4) is 0 Å². The molecule has 3 N–H and O–H groups in total. The lowest BCUT2D eigenvalue weighted by atomic mass is 9.99. The second kappa shape index (κ2) is 13.0. The number of hydrogen-bond donors (Lipinski definition) is 3. The van der Waals surface area contributed by atoms with Gasteiger partial charge in [-0.25, -0.2) is 4.79 Å². The number of nitrogens with zero attached hydrogens (tertiary/aromatic N) is 1. The van der Waals surface area contributed by atoms with Crippen LogP contribution in [0.25, 0.3) is 0 Å². The van der Waals surface area contributed by atoms with Gasteiger partial charge in [0, 0.05) is 31.1 Å². The molecular formula is C28H36N2O6. The largest absolute Gasteiger partial charge is 0.445 e. The topological polar surface area (TPSA) is 100 Å². The molecule has 4 atom stereocenters. The summed E-state index contributed by atoms with van der Waals surface area (Å²) < 4.78 is 17.8. The van der Waals surface area contributed by atoms with Gasteiger partial charge in [0.05, 0.1) is 25.4 Å². The monoisotopic (exact) mass is 496 g/mol. The molecule has 0 spiro atoms. The van der Waals surface area contributed by atoms with E-state index in [0.29, 0.717) is 13.0 Å². The van der Waals surface area contributed by atoms with Crippen LogP contribution >= 0.6 is 0 Å². The van der Waals surface area contributed by atoms with Crippen molar-refractivity contribution >= 4 is 6.09 Å². The Morgan fingerprint density at radius 2 is 1.81 bits per heavy atom. The summed E-state index contributed by atoms with van der Waals surface area (Å²) in [5.74, 6) is 0. The number of aliphatic hydroxyl groups excluding tert-OH is 2. The Labute approximate surface area is 212 Å². The van der Waals surface area contributed by atoms with Crippen LogP contribution in [0.4, 0.5) is 4.79 Å². The molecule has 2 aromatic carbocycles. The SMILES string of the molecule is C=CCOC(=O)NCc1ccc([C@@H]2O[C@H](CN3CCC[C@H]3CO)C[C@H](c3ccc(CO)cc3)O2)cc1. The molecule has 194 valence electrons. The highest BCUT2D eigenvalue weighted by atomic mass is 16.7. The summed E-state index contributed by atoms with van der Waals surface area (Å²) in [6.07, 6.45) is 3.08. The average molecular weight is 497 g/mol. The van der Waals surface area contributed by atoms with Gasteiger partial charge < -0.3 is 29.7 Å². The minimum absolute atomic E-state index is 0.00482. The van der Waals surface area contributed by atoms with Crippen LogP contribution < -0.4 is 5.32 Å². The maximum absolute atomic E-state index is 11.7. The first-order valence-corrected chi connectivity index (χ1v) is 12.6. The number of likely N-dealkylation sites (tertiary alicyclic amines) is 1. The number of alkyl carbamates (subject to hydrolysis) is 1. The van der Waals surface area contributed by atoms with Crippen molar-refractivity contribution in [2.45, 2.75) is 57.0 Å². The van der Waals surface area contributed by atoms with E-state index in [4.69, 9.17) is 14.2 Å². The highest BCUT2D eigenvalue weighted by molar-refractivity contribution is 5.67. The molecule has 2 fully saturated rings. The molecule has 4 rings (SSSR count). The van der Waals surface area contributed by atoms with Gasteiger partial charge in [0.1, 0.15) is 6.61 Å². The number of benzene rings is 2. The van der Waals surface area contributed by atoms with Crippen LogP contribution in [-0.4, -0.2) is 59.7 Å². The van der Waals surface area contributed by atoms with Crippen LogP contribution in [0.1, 0.15) is 53.9 Å². The Morgan fingerprint density at radius 3 is 2.50 bits per heavy atom. The van der Waals surface area contributed by atoms with Crippen molar-refractivity contribution in [2.75, 3.05) is 26.3 Å². The van der Waals surface area contributed by atoms with E-state index in [1.165, 1.54) is 6.08 Å². The summed E-state index contributed by atoms with van der Waals surface area (Å²) >= 11 is 0. The van der Waals surface area contributed by atoms with Crippen LogP contribution in [-0.2, 0) is 27.4 Å². The number of carbonyl (C=O) groups excluding carboxylic acids is 1. The van der Waals surface area contributed by atoms with Gasteiger partial charge in [0.15, 0.2) is 6.29 Å². The van der Waals surface area contributed by atoms with Crippen molar-refractivity contribution in [1.82, 2.24) is 10.2 Å². The predicted octanol–water partition coefficient (Wildman–Crippen LogP) is 3.59. The fourth-order valence-corrected chi connectivity index (χ4v) is 4.79. The predicted molar refractivity (Wildman–Crippen MR) is 135 cm³/mol. The van der Waals surface area contributed by atoms with Crippen LogP contribution in [0.5, 0.6) is 0 Å². The fourth-order valence-electron chi connectivity index (χ4n) is 4.79. The number of hydrogen-bond acceptors (Lipinski definition) is 7. The van der Waals surface area contributed by atoms with Gasteiger partial charge >= 0.3 is 6.09 Å². The van der Waals surface area contributed by atoms with E-state index in [1.54, 1.807) is 0 Å². The highest BCUT2D eigenvalue weighted by Crippen LogP contribution is 2.38. The standard InChI is InChI=1S/C28H36N2O6/c1-2-14-34-28(33)29-16-20-5-11-23(12-6-20)27-35-25(17-30-13-3-4-24(30)19-32)15-26(36-27)22-9-7-21(18-31)8-10-22/h2,5-12,24-27,31-32H,1,3-4,13-19H2,(H,29,33)/t24-,25-,26+,27+/m0/s1. The van der Waals surface area contributed by atoms with E-state index in [-0.39, 0.29) is 38.1 Å². The minimum Gasteiger partial charge on any atom is -0.445 e. The third-order valence-corrected chi connectivity index (χ3v) is 6.78. The van der Waals surface area contributed by atoms with Crippen LogP contribution in [0.2, 0.25) is 0 Å². The number of rotatable bonds is 10. The molecule has 36 heavy (non-hydrogen) atoms. The molecule has 0 unspecified atom stereocenters. The summed E-state index contributed by atoms with van der Waals surface area (Å²) in [5, 5.41) is 21.9. The molecule has 2 aliphatic rings. The van der Waals surface area contributed by atoms with Crippen molar-refractivity contribution in [3.63, 3.8) is 0 Å². The molecular weight excluding hydrogens is 460 g/mol. The molecule has 2 saturated heterocycles. The molecule has 2 aliphatic heterocycles. The Hall–Kier alpha value is -2.75. The van der Waals surface area contributed by atoms with Gasteiger partial charge in [-0.1, -0.05) is 61.2 Å². The normalized spacial score (nSPS) is 24.4. The van der Waals surface area contributed by atoms with Crippen molar-refractivity contribution in [2.24, 2.45) is 0 Å². The molecule has 2 heterocycles. The third kappa shape index (κ3) is 6.93. The van der Waals surface area contributed by atoms with Gasteiger partial charge in [-0.3, -0.25) is 4.90 Å². The van der Waals surface area contributed by atoms with E-state index in [1.807, 2.05) is 48.5 Å². The van der Waals surface area contributed by atoms with E-state index < -0.39 is 12.4 Å². The molecule has 0 bridgehead atoms. The lowest BCUT2D eigenvalue weighted by molar-refractivity contribution is -0.253. The van der Waals surface area contributed by atoms with Crippen molar-refractivity contribution in [3.05, 3.63) is 83.4 Å². The summed E-state index contributed by atoms with van der Waals surface area (Å²) in [6, 6.07) is 15.8. The molecule has 0 saturated carbocycles. The maximum atomic E-state index is 11.7. The quantitative estimate of drug-likeness (QED) is 0.432. The highest BCUT2D eigenvalue weighted by Gasteiger charge is 2.35. The van der Waals surface area contributed by atoms with E-state index in [0.717, 1.165) is 48.2 Å². The molecule has 1 amide bonds. The molecule has 0 aliphatic carbocycles. The second-order valence-electron chi connectivity index (χ2n) is 9.31. The summed E-state index contributed by atoms with van der Waals surface area (Å²) in [6.45, 7) is 5.92. The van der Waals surface area contributed by atoms with Gasteiger partial charge in [0.25, 0.3) is 0 Å². The molecule has 0 aromatic heterocycles. The fraction of sp³-hybridized carbons (Fsp3) is 0.464. The summed E-state index contributed by atoms with van der Waals surface area (Å²) in [7, 11) is 0. The van der Waals surface area contributed by atoms with Gasteiger partial charge in [0.2, 0.25) is 0 Å².